The maximum Gasteiger partial charge on any atom is 0.258 e. The first-order chi connectivity index (χ1) is 12.9. The number of fused-ring (bicyclic) bond motifs is 1. The predicted molar refractivity (Wildman–Crippen MR) is 106 cm³/mol. The van der Waals surface area contributed by atoms with Crippen LogP contribution in [0.3, 0.4) is 0 Å². The van der Waals surface area contributed by atoms with Gasteiger partial charge >= 0.3 is 0 Å². The molecule has 0 amide bonds. The Morgan fingerprint density at radius 1 is 0.962 bits per heavy atom. The summed E-state index contributed by atoms with van der Waals surface area (Å²) in [5, 5.41) is 5.18. The minimum absolute atomic E-state index is 0.585. The largest absolute Gasteiger partial charge is 0.430 e. The Labute approximate surface area is 155 Å². The predicted octanol–water partition coefficient (Wildman–Crippen LogP) is 4.83. The summed E-state index contributed by atoms with van der Waals surface area (Å²) in [6.07, 6.45) is 1.71. The van der Waals surface area contributed by atoms with Crippen LogP contribution in [-0.4, -0.2) is 21.4 Å². The average molecular weight is 360 g/mol. The Bertz CT molecular complexity index is 983. The van der Waals surface area contributed by atoms with Gasteiger partial charge in [0.15, 0.2) is 11.2 Å². The molecule has 6 heteroatoms. The van der Waals surface area contributed by atoms with E-state index < -0.39 is 0 Å². The molecule has 2 aromatic heterocycles. The highest BCUT2D eigenvalue weighted by molar-refractivity contribution is 7.99. The molecule has 2 aromatic carbocycles. The van der Waals surface area contributed by atoms with Gasteiger partial charge in [0.25, 0.3) is 5.22 Å². The number of hydrogen-bond acceptors (Lipinski definition) is 6. The minimum Gasteiger partial charge on any atom is -0.430 e. The van der Waals surface area contributed by atoms with Gasteiger partial charge in [0.05, 0.1) is 11.4 Å². The van der Waals surface area contributed by atoms with E-state index in [-0.39, 0.29) is 0 Å². The molecule has 26 heavy (non-hydrogen) atoms. The number of nitrogens with zero attached hydrogens (tertiary/aromatic N) is 3. The van der Waals surface area contributed by atoms with E-state index in [1.165, 1.54) is 11.8 Å². The second kappa shape index (κ2) is 7.84. The molecule has 0 atom stereocenters. The van der Waals surface area contributed by atoms with E-state index >= 15 is 0 Å². The number of para-hydroxylation sites is 1. The molecule has 0 aliphatic heterocycles. The highest BCUT2D eigenvalue weighted by atomic mass is 32.2. The second-order valence-corrected chi connectivity index (χ2v) is 6.42. The number of nitrogens with one attached hydrogen (secondary N) is 1. The van der Waals surface area contributed by atoms with E-state index in [0.717, 1.165) is 17.0 Å². The topological polar surface area (TPSA) is 63.3 Å². The number of thioether (sulfide) groups is 1. The van der Waals surface area contributed by atoms with Gasteiger partial charge < -0.3 is 4.42 Å². The van der Waals surface area contributed by atoms with E-state index in [0.29, 0.717) is 22.2 Å². The van der Waals surface area contributed by atoms with Crippen molar-refractivity contribution in [1.29, 1.82) is 0 Å². The fourth-order valence-electron chi connectivity index (χ4n) is 2.40. The van der Waals surface area contributed by atoms with Gasteiger partial charge in [-0.25, -0.2) is 4.98 Å². The number of oxazole rings is 1. The first kappa shape index (κ1) is 16.4. The first-order valence-corrected chi connectivity index (χ1v) is 9.14. The lowest BCUT2D eigenvalue weighted by molar-refractivity contribution is 0.490. The van der Waals surface area contributed by atoms with Gasteiger partial charge in [0.2, 0.25) is 0 Å². The van der Waals surface area contributed by atoms with Crippen molar-refractivity contribution in [1.82, 2.24) is 9.97 Å². The zero-order valence-corrected chi connectivity index (χ0v) is 14.7. The molecular formula is C20H16N4OS. The molecule has 0 aliphatic carbocycles. The monoisotopic (exact) mass is 360 g/mol. The maximum atomic E-state index is 5.73. The third-order valence-electron chi connectivity index (χ3n) is 3.68. The lowest BCUT2D eigenvalue weighted by atomic mass is 10.1. The van der Waals surface area contributed by atoms with Crippen molar-refractivity contribution < 1.29 is 4.42 Å². The van der Waals surface area contributed by atoms with E-state index in [1.54, 1.807) is 6.20 Å². The van der Waals surface area contributed by atoms with Crippen LogP contribution in [0.1, 0.15) is 5.56 Å². The third-order valence-corrected chi connectivity index (χ3v) is 4.52. The van der Waals surface area contributed by atoms with Gasteiger partial charge in [-0.05, 0) is 29.8 Å². The molecular weight excluding hydrogens is 344 g/mol. The zero-order valence-electron chi connectivity index (χ0n) is 13.9. The molecule has 5 nitrogen and oxygen atoms in total. The van der Waals surface area contributed by atoms with Gasteiger partial charge in [-0.1, -0.05) is 60.3 Å². The number of hydrogen-bond donors (Lipinski definition) is 1. The van der Waals surface area contributed by atoms with Crippen LogP contribution in [0.4, 0.5) is 5.69 Å². The molecule has 4 aromatic rings. The lowest BCUT2D eigenvalue weighted by Crippen LogP contribution is -2.07. The van der Waals surface area contributed by atoms with Crippen LogP contribution in [0.2, 0.25) is 0 Å². The molecule has 0 radical (unpaired) electrons. The Morgan fingerprint density at radius 2 is 1.73 bits per heavy atom. The molecule has 0 fully saturated rings. The molecule has 128 valence electrons. The fraction of sp³-hybridized carbons (Fsp3) is 0.0500. The summed E-state index contributed by atoms with van der Waals surface area (Å²) in [7, 11) is 0. The molecule has 0 aliphatic rings. The van der Waals surface area contributed by atoms with E-state index in [4.69, 9.17) is 4.42 Å². The van der Waals surface area contributed by atoms with E-state index in [9.17, 15) is 0 Å². The van der Waals surface area contributed by atoms with Crippen molar-refractivity contribution in [3.05, 3.63) is 84.6 Å². The fourth-order valence-corrected chi connectivity index (χ4v) is 3.19. The third kappa shape index (κ3) is 3.92. The van der Waals surface area contributed by atoms with Crippen molar-refractivity contribution in [2.45, 2.75) is 5.22 Å². The maximum absolute atomic E-state index is 5.73. The molecule has 0 saturated carbocycles. The Hall–Kier alpha value is -3.12. The van der Waals surface area contributed by atoms with Crippen molar-refractivity contribution in [2.24, 2.45) is 5.10 Å². The average Bonchev–Trinajstić information content (AvgIpc) is 3.12. The van der Waals surface area contributed by atoms with Crippen LogP contribution in [0, 0.1) is 0 Å². The Morgan fingerprint density at radius 3 is 2.50 bits per heavy atom. The van der Waals surface area contributed by atoms with Gasteiger partial charge in [0.1, 0.15) is 0 Å². The summed E-state index contributed by atoms with van der Waals surface area (Å²) in [5.74, 6) is 0.622. The number of hydrazone groups is 1. The van der Waals surface area contributed by atoms with Crippen molar-refractivity contribution in [3.63, 3.8) is 0 Å². The van der Waals surface area contributed by atoms with Crippen LogP contribution in [-0.2, 0) is 0 Å². The highest BCUT2D eigenvalue weighted by Gasteiger charge is 2.10. The molecule has 0 spiro atoms. The van der Waals surface area contributed by atoms with Crippen LogP contribution in [0.25, 0.3) is 11.2 Å². The Kier molecular flexibility index (Phi) is 4.93. The summed E-state index contributed by atoms with van der Waals surface area (Å²) in [6.45, 7) is 0. The van der Waals surface area contributed by atoms with Crippen molar-refractivity contribution in [2.75, 3.05) is 11.2 Å². The van der Waals surface area contributed by atoms with E-state index in [2.05, 4.69) is 20.5 Å². The molecule has 2 heterocycles. The normalized spacial score (nSPS) is 11.6. The SMILES string of the molecule is c1ccc(N/N=C(/CSc2nc3ncccc3o2)c2ccccc2)cc1. The summed E-state index contributed by atoms with van der Waals surface area (Å²) in [5.41, 5.74) is 7.34. The molecule has 0 unspecified atom stereocenters. The number of benzene rings is 2. The van der Waals surface area contributed by atoms with Crippen LogP contribution in [0.5, 0.6) is 0 Å². The minimum atomic E-state index is 0.585. The summed E-state index contributed by atoms with van der Waals surface area (Å²) >= 11 is 1.50. The summed E-state index contributed by atoms with van der Waals surface area (Å²) in [6, 6.07) is 23.7. The molecule has 0 saturated heterocycles. The lowest BCUT2D eigenvalue weighted by Gasteiger charge is -2.07. The quantitative estimate of drug-likeness (QED) is 0.303. The van der Waals surface area contributed by atoms with Gasteiger partial charge in [-0.15, -0.1) is 0 Å². The van der Waals surface area contributed by atoms with E-state index in [1.807, 2.05) is 72.8 Å². The zero-order chi connectivity index (χ0) is 17.6. The number of rotatable bonds is 6. The number of aromatic nitrogens is 2. The smallest absolute Gasteiger partial charge is 0.258 e. The number of anilines is 1. The molecule has 4 rings (SSSR count). The van der Waals surface area contributed by atoms with Crippen LogP contribution in [0.15, 0.2) is 93.7 Å². The highest BCUT2D eigenvalue weighted by Crippen LogP contribution is 2.23. The van der Waals surface area contributed by atoms with Crippen molar-refractivity contribution in [3.8, 4) is 0 Å². The number of pyridine rings is 1. The van der Waals surface area contributed by atoms with Crippen molar-refractivity contribution >= 4 is 34.4 Å². The summed E-state index contributed by atoms with van der Waals surface area (Å²) < 4.78 is 5.73. The first-order valence-electron chi connectivity index (χ1n) is 8.16. The molecule has 1 N–H and O–H groups in total. The van der Waals surface area contributed by atoms with Gasteiger partial charge in [-0.3, -0.25) is 5.43 Å². The second-order valence-electron chi connectivity index (χ2n) is 5.50. The summed E-state index contributed by atoms with van der Waals surface area (Å²) in [4.78, 5) is 8.61. The standard InChI is InChI=1S/C20H16N4OS/c1-3-8-15(9-4-1)17(24-23-16-10-5-2-6-11-16)14-26-20-22-19-18(25-20)12-7-13-21-19/h1-13,23H,14H2/b24-17-. The van der Waals surface area contributed by atoms with Gasteiger partial charge in [-0.2, -0.15) is 10.1 Å². The van der Waals surface area contributed by atoms with Gasteiger partial charge in [0, 0.05) is 11.9 Å². The van der Waals surface area contributed by atoms with Crippen LogP contribution < -0.4 is 5.43 Å². The van der Waals surface area contributed by atoms with Crippen LogP contribution >= 0.6 is 11.8 Å². The molecule has 0 bridgehead atoms. The Balaban J connectivity index is 1.54.